The van der Waals surface area contributed by atoms with Gasteiger partial charge in [-0.1, -0.05) is 40.2 Å². The van der Waals surface area contributed by atoms with Gasteiger partial charge in [0.1, 0.15) is 17.2 Å². The van der Waals surface area contributed by atoms with Crippen molar-refractivity contribution in [1.82, 2.24) is 4.98 Å². The second kappa shape index (κ2) is 5.57. The fourth-order valence-corrected chi connectivity index (χ4v) is 2.48. The Balaban J connectivity index is 2.11. The number of hydrogen-bond donors (Lipinski definition) is 0. The first-order valence-electron chi connectivity index (χ1n) is 6.34. The van der Waals surface area contributed by atoms with E-state index in [0.29, 0.717) is 0 Å². The van der Waals surface area contributed by atoms with Crippen LogP contribution in [0.4, 0.5) is 0 Å². The average molecular weight is 316 g/mol. The average Bonchev–Trinajstić information content (AvgIpc) is 2.61. The van der Waals surface area contributed by atoms with Crippen LogP contribution < -0.4 is 4.74 Å². The van der Waals surface area contributed by atoms with Gasteiger partial charge in [-0.3, -0.25) is 4.98 Å². The molecular formula is C16H14BrNO. The molecule has 0 saturated heterocycles. The van der Waals surface area contributed by atoms with E-state index in [9.17, 15) is 0 Å². The molecule has 1 aliphatic rings. The molecule has 0 N–H and O–H groups in total. The molecule has 0 amide bonds. The molecule has 19 heavy (non-hydrogen) atoms. The normalized spacial score (nSPS) is 15.3. The van der Waals surface area contributed by atoms with E-state index in [4.69, 9.17) is 4.74 Å². The highest BCUT2D eigenvalue weighted by Gasteiger charge is 2.18. The molecule has 0 aliphatic carbocycles. The van der Waals surface area contributed by atoms with Gasteiger partial charge in [0, 0.05) is 17.9 Å². The van der Waals surface area contributed by atoms with Crippen LogP contribution in [-0.4, -0.2) is 10.3 Å². The number of pyridine rings is 1. The fraction of sp³-hybridized carbons (Fsp3) is 0.188. The number of fused-ring (bicyclic) bond motifs is 2. The first-order valence-corrected chi connectivity index (χ1v) is 7.47. The Kier molecular flexibility index (Phi) is 3.65. The van der Waals surface area contributed by atoms with Gasteiger partial charge >= 0.3 is 0 Å². The highest BCUT2D eigenvalue weighted by atomic mass is 79.9. The summed E-state index contributed by atoms with van der Waals surface area (Å²) < 4.78 is 6.06. The largest absolute Gasteiger partial charge is 0.455 e. The maximum Gasteiger partial charge on any atom is 0.149 e. The number of ether oxygens (including phenoxy) is 1. The summed E-state index contributed by atoms with van der Waals surface area (Å²) in [6, 6.07) is 12.3. The molecule has 2 nitrogen and oxygen atoms in total. The van der Waals surface area contributed by atoms with Crippen LogP contribution in [0.3, 0.4) is 0 Å². The van der Waals surface area contributed by atoms with Crippen LogP contribution in [0.25, 0.3) is 5.76 Å². The van der Waals surface area contributed by atoms with Crippen molar-refractivity contribution in [3.05, 3.63) is 65.5 Å². The number of rotatable bonds is 2. The van der Waals surface area contributed by atoms with Gasteiger partial charge < -0.3 is 4.74 Å². The summed E-state index contributed by atoms with van der Waals surface area (Å²) in [5, 5.41) is 0.920. The molecule has 0 fully saturated rings. The second-order valence-corrected chi connectivity index (χ2v) is 5.24. The third-order valence-electron chi connectivity index (χ3n) is 3.14. The molecular weight excluding hydrogens is 302 g/mol. The van der Waals surface area contributed by atoms with Gasteiger partial charge in [0.05, 0.1) is 0 Å². The van der Waals surface area contributed by atoms with Crippen LogP contribution in [0.2, 0.25) is 0 Å². The lowest BCUT2D eigenvalue weighted by atomic mass is 10.0. The molecule has 2 heterocycles. The first-order chi connectivity index (χ1) is 9.38. The van der Waals surface area contributed by atoms with Crippen LogP contribution >= 0.6 is 15.9 Å². The van der Waals surface area contributed by atoms with Crippen molar-refractivity contribution in [2.24, 2.45) is 0 Å². The van der Waals surface area contributed by atoms with Gasteiger partial charge in [0.2, 0.25) is 0 Å². The third kappa shape index (κ3) is 2.56. The Labute approximate surface area is 121 Å². The van der Waals surface area contributed by atoms with E-state index in [1.807, 2.05) is 30.5 Å². The minimum atomic E-state index is 0.861. The van der Waals surface area contributed by atoms with Gasteiger partial charge in [-0.2, -0.15) is 0 Å². The summed E-state index contributed by atoms with van der Waals surface area (Å²) in [5.74, 6) is 1.79. The molecule has 3 heteroatoms. The molecule has 3 rings (SSSR count). The number of benzene rings is 1. The van der Waals surface area contributed by atoms with Gasteiger partial charge in [0.25, 0.3) is 0 Å². The van der Waals surface area contributed by atoms with Crippen molar-refractivity contribution in [1.29, 1.82) is 0 Å². The van der Waals surface area contributed by atoms with E-state index in [1.54, 1.807) is 0 Å². The molecule has 0 spiro atoms. The summed E-state index contributed by atoms with van der Waals surface area (Å²) in [4.78, 5) is 4.49. The van der Waals surface area contributed by atoms with Crippen LogP contribution in [-0.2, 0) is 6.42 Å². The molecule has 1 aromatic heterocycles. The summed E-state index contributed by atoms with van der Waals surface area (Å²) >= 11 is 3.45. The Morgan fingerprint density at radius 2 is 2.00 bits per heavy atom. The lowest BCUT2D eigenvalue weighted by Gasteiger charge is -2.09. The predicted molar refractivity (Wildman–Crippen MR) is 80.5 cm³/mol. The fourth-order valence-electron chi connectivity index (χ4n) is 2.25. The first kappa shape index (κ1) is 12.4. The molecule has 0 saturated carbocycles. The summed E-state index contributed by atoms with van der Waals surface area (Å²) in [7, 11) is 0. The minimum Gasteiger partial charge on any atom is -0.455 e. The zero-order valence-electron chi connectivity index (χ0n) is 10.5. The highest BCUT2D eigenvalue weighted by Crippen LogP contribution is 2.32. The molecule has 2 aromatic rings. The lowest BCUT2D eigenvalue weighted by molar-refractivity contribution is 0.509. The van der Waals surface area contributed by atoms with E-state index in [1.165, 1.54) is 11.1 Å². The molecule has 0 unspecified atom stereocenters. The Bertz CT molecular complexity index is 622. The second-order valence-electron chi connectivity index (χ2n) is 4.44. The molecule has 0 bridgehead atoms. The number of allylic oxidation sites excluding steroid dienone is 1. The van der Waals surface area contributed by atoms with E-state index in [-0.39, 0.29) is 0 Å². The zero-order chi connectivity index (χ0) is 13.1. The smallest absolute Gasteiger partial charge is 0.149 e. The maximum absolute atomic E-state index is 6.06. The SMILES string of the molecule is BrCCC=C1Oc2ccccc2Cc2cccnc21. The van der Waals surface area contributed by atoms with Crippen LogP contribution in [0.1, 0.15) is 23.2 Å². The molecule has 96 valence electrons. The van der Waals surface area contributed by atoms with Gasteiger partial charge in [-0.25, -0.2) is 0 Å². The van der Waals surface area contributed by atoms with Crippen LogP contribution in [0, 0.1) is 0 Å². The number of nitrogens with zero attached hydrogens (tertiary/aromatic N) is 1. The van der Waals surface area contributed by atoms with Crippen molar-refractivity contribution in [3.8, 4) is 5.75 Å². The number of halogens is 1. The summed E-state index contributed by atoms with van der Waals surface area (Å²) in [6.45, 7) is 0. The number of aromatic nitrogens is 1. The molecule has 0 radical (unpaired) electrons. The van der Waals surface area contributed by atoms with Crippen LogP contribution in [0.5, 0.6) is 5.75 Å². The van der Waals surface area contributed by atoms with Gasteiger partial charge in [-0.15, -0.1) is 0 Å². The maximum atomic E-state index is 6.06. The van der Waals surface area contributed by atoms with Crippen molar-refractivity contribution in [3.63, 3.8) is 0 Å². The third-order valence-corrected chi connectivity index (χ3v) is 3.59. The number of hydrogen-bond acceptors (Lipinski definition) is 2. The van der Waals surface area contributed by atoms with Crippen molar-refractivity contribution >= 4 is 21.7 Å². The van der Waals surface area contributed by atoms with Crippen LogP contribution in [0.15, 0.2) is 48.7 Å². The van der Waals surface area contributed by atoms with E-state index >= 15 is 0 Å². The lowest BCUT2D eigenvalue weighted by Crippen LogP contribution is -1.98. The monoisotopic (exact) mass is 315 g/mol. The van der Waals surface area contributed by atoms with Crippen molar-refractivity contribution < 1.29 is 4.74 Å². The quantitative estimate of drug-likeness (QED) is 0.775. The zero-order valence-corrected chi connectivity index (χ0v) is 12.1. The summed E-state index contributed by atoms with van der Waals surface area (Å²) in [6.07, 6.45) is 5.71. The highest BCUT2D eigenvalue weighted by molar-refractivity contribution is 9.09. The van der Waals surface area contributed by atoms with Gasteiger partial charge in [-0.05, 0) is 35.8 Å². The predicted octanol–water partition coefficient (Wildman–Crippen LogP) is 4.19. The van der Waals surface area contributed by atoms with Crippen molar-refractivity contribution in [2.75, 3.05) is 5.33 Å². The number of para-hydroxylation sites is 1. The van der Waals surface area contributed by atoms with E-state index in [0.717, 1.165) is 35.4 Å². The Morgan fingerprint density at radius 3 is 2.89 bits per heavy atom. The van der Waals surface area contributed by atoms with E-state index < -0.39 is 0 Å². The summed E-state index contributed by atoms with van der Waals surface area (Å²) in [5.41, 5.74) is 3.38. The Morgan fingerprint density at radius 1 is 1.16 bits per heavy atom. The van der Waals surface area contributed by atoms with Gasteiger partial charge in [0.15, 0.2) is 0 Å². The number of alkyl halides is 1. The standard InChI is InChI=1S/C16H14BrNO/c17-9-3-8-15-16-13(6-4-10-18-16)11-12-5-1-2-7-14(12)19-15/h1-2,4-8,10H,3,9,11H2. The molecule has 1 aliphatic heterocycles. The molecule has 0 atom stereocenters. The Hall–Kier alpha value is -1.61. The topological polar surface area (TPSA) is 22.1 Å². The molecule has 1 aromatic carbocycles. The van der Waals surface area contributed by atoms with Crippen molar-refractivity contribution in [2.45, 2.75) is 12.8 Å². The minimum absolute atomic E-state index is 0.861. The van der Waals surface area contributed by atoms with E-state index in [2.05, 4.69) is 39.1 Å².